The lowest BCUT2D eigenvalue weighted by molar-refractivity contribution is 0.0497. The average Bonchev–Trinajstić information content (AvgIpc) is 2.75. The monoisotopic (exact) mass is 440 g/mol. The molecule has 1 rings (SSSR count). The minimum atomic E-state index is -2.32. The molecular formula is C23H36O6S. The van der Waals surface area contributed by atoms with Gasteiger partial charge in [0.1, 0.15) is 0 Å². The Morgan fingerprint density at radius 3 is 1.73 bits per heavy atom. The molecule has 7 heteroatoms. The van der Waals surface area contributed by atoms with Gasteiger partial charge in [0.05, 0.1) is 29.7 Å². The van der Waals surface area contributed by atoms with E-state index in [2.05, 4.69) is 11.7 Å². The Bertz CT molecular complexity index is 674. The predicted octanol–water partition coefficient (Wildman–Crippen LogP) is 5.91. The highest BCUT2D eigenvalue weighted by atomic mass is 32.2. The minimum Gasteiger partial charge on any atom is -0.465 e. The van der Waals surface area contributed by atoms with E-state index in [1.807, 2.05) is 0 Å². The van der Waals surface area contributed by atoms with Gasteiger partial charge in [0.15, 0.2) is 11.1 Å². The van der Waals surface area contributed by atoms with Crippen LogP contribution in [0.1, 0.15) is 105 Å². The van der Waals surface area contributed by atoms with Crippen LogP contribution in [0.2, 0.25) is 0 Å². The first-order valence-electron chi connectivity index (χ1n) is 11.0. The molecule has 0 fully saturated rings. The van der Waals surface area contributed by atoms with Crippen LogP contribution in [0.25, 0.3) is 0 Å². The number of carbonyl (C=O) groups is 2. The second-order valence-corrected chi connectivity index (χ2v) is 8.48. The Morgan fingerprint density at radius 2 is 1.27 bits per heavy atom. The molecule has 1 atom stereocenters. The molecule has 0 aromatic heterocycles. The van der Waals surface area contributed by atoms with E-state index >= 15 is 0 Å². The lowest BCUT2D eigenvalue weighted by Crippen LogP contribution is -2.10. The van der Waals surface area contributed by atoms with E-state index in [-0.39, 0.29) is 22.6 Å². The Morgan fingerprint density at radius 1 is 0.800 bits per heavy atom. The molecule has 0 bridgehead atoms. The van der Waals surface area contributed by atoms with E-state index in [1.165, 1.54) is 83.1 Å². The number of hydrogen-bond acceptors (Lipinski definition) is 5. The van der Waals surface area contributed by atoms with Crippen LogP contribution in [-0.4, -0.2) is 34.4 Å². The van der Waals surface area contributed by atoms with Crippen LogP contribution in [0.4, 0.5) is 0 Å². The van der Waals surface area contributed by atoms with Gasteiger partial charge >= 0.3 is 11.9 Å². The second kappa shape index (κ2) is 16.0. The van der Waals surface area contributed by atoms with E-state index in [0.717, 1.165) is 19.3 Å². The molecular weight excluding hydrogens is 404 g/mol. The molecule has 6 nitrogen and oxygen atoms in total. The fraction of sp³-hybridized carbons (Fsp3) is 0.652. The van der Waals surface area contributed by atoms with Gasteiger partial charge in [-0.15, -0.1) is 0 Å². The molecule has 0 radical (unpaired) electrons. The third-order valence-electron chi connectivity index (χ3n) is 5.00. The van der Waals surface area contributed by atoms with Gasteiger partial charge in [0.2, 0.25) is 0 Å². The van der Waals surface area contributed by atoms with Gasteiger partial charge < -0.3 is 14.0 Å². The van der Waals surface area contributed by atoms with Crippen LogP contribution in [0.3, 0.4) is 0 Å². The first-order chi connectivity index (χ1) is 14.5. The zero-order chi connectivity index (χ0) is 22.2. The highest BCUT2D eigenvalue weighted by molar-refractivity contribution is 7.79. The van der Waals surface area contributed by atoms with Crippen LogP contribution >= 0.6 is 0 Å². The molecule has 1 aromatic carbocycles. The van der Waals surface area contributed by atoms with Gasteiger partial charge in [-0.25, -0.2) is 13.8 Å². The first kappa shape index (κ1) is 26.3. The highest BCUT2D eigenvalue weighted by Crippen LogP contribution is 2.16. The molecule has 170 valence electrons. The quantitative estimate of drug-likeness (QED) is 0.195. The number of unbranched alkanes of at least 4 members (excludes halogenated alkanes) is 11. The molecule has 0 aliphatic heterocycles. The molecule has 0 spiro atoms. The van der Waals surface area contributed by atoms with Crippen molar-refractivity contribution in [2.24, 2.45) is 0 Å². The summed E-state index contributed by atoms with van der Waals surface area (Å²) in [5.41, 5.74) is 0.101. The van der Waals surface area contributed by atoms with Crippen LogP contribution in [-0.2, 0) is 20.6 Å². The molecule has 0 amide bonds. The fourth-order valence-electron chi connectivity index (χ4n) is 3.24. The molecule has 0 aliphatic rings. The number of hydrogen-bond donors (Lipinski definition) is 1. The number of esters is 2. The lowest BCUT2D eigenvalue weighted by Gasteiger charge is -2.08. The van der Waals surface area contributed by atoms with Crippen molar-refractivity contribution in [3.8, 4) is 0 Å². The Balaban J connectivity index is 2.23. The van der Waals surface area contributed by atoms with Crippen molar-refractivity contribution in [1.82, 2.24) is 0 Å². The molecule has 1 aromatic rings. The zero-order valence-electron chi connectivity index (χ0n) is 18.3. The van der Waals surface area contributed by atoms with Gasteiger partial charge in [0.25, 0.3) is 0 Å². The van der Waals surface area contributed by atoms with Crippen molar-refractivity contribution in [1.29, 1.82) is 0 Å². The summed E-state index contributed by atoms with van der Waals surface area (Å²) in [7, 11) is 1.20. The lowest BCUT2D eigenvalue weighted by atomic mass is 10.1. The number of methoxy groups -OCH3 is 1. The van der Waals surface area contributed by atoms with Crippen LogP contribution < -0.4 is 0 Å². The topological polar surface area (TPSA) is 89.9 Å². The van der Waals surface area contributed by atoms with E-state index in [1.54, 1.807) is 0 Å². The van der Waals surface area contributed by atoms with Crippen molar-refractivity contribution in [2.45, 2.75) is 88.9 Å². The molecule has 0 saturated heterocycles. The standard InChI is InChI=1S/C23H36O6S/c1-3-4-5-6-7-8-9-10-11-12-13-14-15-29-23(25)20-16-19(22(24)28-2)17-21(18-20)30(26)27/h16-18H,3-15H2,1-2H3,(H,26,27). The SMILES string of the molecule is CCCCCCCCCCCCCCOC(=O)c1cc(C(=O)OC)cc(S(=O)O)c1. The van der Waals surface area contributed by atoms with Gasteiger partial charge in [-0.3, -0.25) is 0 Å². The molecule has 1 N–H and O–H groups in total. The summed E-state index contributed by atoms with van der Waals surface area (Å²) in [6.07, 6.45) is 14.7. The van der Waals surface area contributed by atoms with E-state index in [9.17, 15) is 18.4 Å². The normalized spacial score (nSPS) is 11.8. The molecule has 1 unspecified atom stereocenters. The van der Waals surface area contributed by atoms with Gasteiger partial charge in [0, 0.05) is 0 Å². The minimum absolute atomic E-state index is 0.0368. The van der Waals surface area contributed by atoms with E-state index < -0.39 is 23.0 Å². The van der Waals surface area contributed by atoms with Crippen molar-refractivity contribution in [3.63, 3.8) is 0 Å². The second-order valence-electron chi connectivity index (χ2n) is 7.51. The Hall–Kier alpha value is -1.73. The predicted molar refractivity (Wildman–Crippen MR) is 118 cm³/mol. The molecule has 0 aliphatic carbocycles. The molecule has 0 saturated carbocycles. The van der Waals surface area contributed by atoms with E-state index in [0.29, 0.717) is 0 Å². The van der Waals surface area contributed by atoms with Crippen molar-refractivity contribution in [3.05, 3.63) is 29.3 Å². The summed E-state index contributed by atoms with van der Waals surface area (Å²) in [5, 5.41) is 0. The smallest absolute Gasteiger partial charge is 0.338 e. The maximum absolute atomic E-state index is 12.2. The third kappa shape index (κ3) is 10.9. The number of rotatable bonds is 16. The Labute approximate surface area is 183 Å². The summed E-state index contributed by atoms with van der Waals surface area (Å²) in [6.45, 7) is 2.52. The third-order valence-corrected chi connectivity index (χ3v) is 5.63. The van der Waals surface area contributed by atoms with Crippen molar-refractivity contribution in [2.75, 3.05) is 13.7 Å². The first-order valence-corrected chi connectivity index (χ1v) is 12.1. The summed E-state index contributed by atoms with van der Waals surface area (Å²) >= 11 is -2.32. The molecule has 0 heterocycles. The van der Waals surface area contributed by atoms with Gasteiger partial charge in [-0.2, -0.15) is 0 Å². The molecule has 30 heavy (non-hydrogen) atoms. The number of carbonyl (C=O) groups excluding carboxylic acids is 2. The fourth-order valence-corrected chi connectivity index (χ4v) is 3.70. The van der Waals surface area contributed by atoms with Crippen molar-refractivity contribution >= 4 is 23.0 Å². The summed E-state index contributed by atoms with van der Waals surface area (Å²) < 4.78 is 30.5. The van der Waals surface area contributed by atoms with Gasteiger partial charge in [-0.1, -0.05) is 77.6 Å². The highest BCUT2D eigenvalue weighted by Gasteiger charge is 2.16. The number of ether oxygens (including phenoxy) is 2. The summed E-state index contributed by atoms with van der Waals surface area (Å²) in [6, 6.07) is 3.80. The maximum Gasteiger partial charge on any atom is 0.338 e. The van der Waals surface area contributed by atoms with Crippen LogP contribution in [0.5, 0.6) is 0 Å². The average molecular weight is 441 g/mol. The maximum atomic E-state index is 12.2. The van der Waals surface area contributed by atoms with Crippen molar-refractivity contribution < 1.29 is 27.8 Å². The van der Waals surface area contributed by atoms with E-state index in [4.69, 9.17) is 4.74 Å². The Kier molecular flexibility index (Phi) is 14.1. The van der Waals surface area contributed by atoms with Gasteiger partial charge in [-0.05, 0) is 24.6 Å². The summed E-state index contributed by atoms with van der Waals surface area (Å²) in [5.74, 6) is -1.30. The zero-order valence-corrected chi connectivity index (χ0v) is 19.1. The van der Waals surface area contributed by atoms with Crippen LogP contribution in [0.15, 0.2) is 23.1 Å². The largest absolute Gasteiger partial charge is 0.465 e. The number of benzene rings is 1. The van der Waals surface area contributed by atoms with Crippen LogP contribution in [0, 0.1) is 0 Å². The summed E-state index contributed by atoms with van der Waals surface area (Å²) in [4.78, 5) is 23.9.